The van der Waals surface area contributed by atoms with Crippen molar-refractivity contribution in [1.82, 2.24) is 25.8 Å². The van der Waals surface area contributed by atoms with E-state index in [2.05, 4.69) is 79.8 Å². The van der Waals surface area contributed by atoms with Gasteiger partial charge in [-0.05, 0) is 51.9 Å². The van der Waals surface area contributed by atoms with Gasteiger partial charge < -0.3 is 20.9 Å². The van der Waals surface area contributed by atoms with E-state index in [0.717, 1.165) is 60.7 Å². The first-order valence-electron chi connectivity index (χ1n) is 10.6. The van der Waals surface area contributed by atoms with Gasteiger partial charge in [0.05, 0.1) is 16.1 Å². The summed E-state index contributed by atoms with van der Waals surface area (Å²) < 4.78 is 0. The quantitative estimate of drug-likeness (QED) is 0.335. The molecular formula is C23H35BrN6. The molecule has 0 saturated carbocycles. The van der Waals surface area contributed by atoms with Crippen LogP contribution >= 0.6 is 15.9 Å². The van der Waals surface area contributed by atoms with Gasteiger partial charge in [-0.15, -0.1) is 0 Å². The van der Waals surface area contributed by atoms with Gasteiger partial charge in [0.2, 0.25) is 0 Å². The van der Waals surface area contributed by atoms with Crippen LogP contribution in [-0.2, 0) is 0 Å². The Morgan fingerprint density at radius 3 is 2.80 bits per heavy atom. The van der Waals surface area contributed by atoms with Crippen molar-refractivity contribution in [2.45, 2.75) is 37.9 Å². The summed E-state index contributed by atoms with van der Waals surface area (Å²) in [7, 11) is 5.98. The molecule has 2 rings (SSSR count). The Bertz CT molecular complexity index is 795. The minimum atomic E-state index is 0.181. The SMILES string of the molecule is CC/C=C(\NC1=CNC(=NC)/C1=C(\C(C)Br)N(C)CCCCNC)c1cccnc1. The van der Waals surface area contributed by atoms with Gasteiger partial charge in [-0.3, -0.25) is 9.98 Å². The zero-order valence-corrected chi connectivity index (χ0v) is 20.4. The van der Waals surface area contributed by atoms with Crippen LogP contribution in [0.4, 0.5) is 0 Å². The molecule has 0 fully saturated rings. The number of hydrogen-bond acceptors (Lipinski definition) is 5. The molecule has 0 saturated heterocycles. The number of halogens is 1. The number of hydrogen-bond donors (Lipinski definition) is 3. The molecule has 0 spiro atoms. The zero-order chi connectivity index (χ0) is 21.9. The smallest absolute Gasteiger partial charge is 0.136 e. The van der Waals surface area contributed by atoms with Crippen LogP contribution in [0.2, 0.25) is 0 Å². The van der Waals surface area contributed by atoms with Crippen molar-refractivity contribution in [3.05, 3.63) is 59.3 Å². The Morgan fingerprint density at radius 1 is 1.40 bits per heavy atom. The molecule has 1 aromatic heterocycles. The van der Waals surface area contributed by atoms with Gasteiger partial charge in [-0.1, -0.05) is 28.9 Å². The predicted octanol–water partition coefficient (Wildman–Crippen LogP) is 3.86. The first-order valence-corrected chi connectivity index (χ1v) is 11.5. The monoisotopic (exact) mass is 474 g/mol. The fourth-order valence-electron chi connectivity index (χ4n) is 3.52. The highest BCUT2D eigenvalue weighted by molar-refractivity contribution is 9.09. The molecule has 0 aromatic carbocycles. The van der Waals surface area contributed by atoms with E-state index in [-0.39, 0.29) is 4.83 Å². The van der Waals surface area contributed by atoms with Crippen LogP contribution in [0.5, 0.6) is 0 Å². The lowest BCUT2D eigenvalue weighted by atomic mass is 10.1. The van der Waals surface area contributed by atoms with Gasteiger partial charge in [0.25, 0.3) is 0 Å². The molecule has 2 heterocycles. The van der Waals surface area contributed by atoms with Crippen LogP contribution < -0.4 is 16.0 Å². The molecule has 1 atom stereocenters. The van der Waals surface area contributed by atoms with E-state index < -0.39 is 0 Å². The number of nitrogens with one attached hydrogen (secondary N) is 3. The molecule has 7 heteroatoms. The summed E-state index contributed by atoms with van der Waals surface area (Å²) in [6.07, 6.45) is 11.1. The van der Waals surface area contributed by atoms with Gasteiger partial charge in [0.1, 0.15) is 5.84 Å². The molecule has 6 nitrogen and oxygen atoms in total. The summed E-state index contributed by atoms with van der Waals surface area (Å²) >= 11 is 3.83. The minimum Gasteiger partial charge on any atom is -0.376 e. The molecule has 0 radical (unpaired) electrons. The molecule has 30 heavy (non-hydrogen) atoms. The van der Waals surface area contributed by atoms with Crippen molar-refractivity contribution >= 4 is 27.5 Å². The van der Waals surface area contributed by atoms with Crippen LogP contribution in [0.15, 0.2) is 58.8 Å². The Hall–Kier alpha value is -2.12. The van der Waals surface area contributed by atoms with Crippen LogP contribution in [-0.4, -0.2) is 54.8 Å². The Balaban J connectivity index is 2.37. The highest BCUT2D eigenvalue weighted by atomic mass is 79.9. The van der Waals surface area contributed by atoms with Crippen molar-refractivity contribution in [3.63, 3.8) is 0 Å². The van der Waals surface area contributed by atoms with E-state index in [1.165, 1.54) is 5.70 Å². The maximum atomic E-state index is 4.51. The van der Waals surface area contributed by atoms with Crippen molar-refractivity contribution in [2.75, 3.05) is 34.2 Å². The lowest BCUT2D eigenvalue weighted by molar-refractivity contribution is 0.392. The lowest BCUT2D eigenvalue weighted by Gasteiger charge is -2.28. The normalized spacial score (nSPS) is 18.1. The van der Waals surface area contributed by atoms with Crippen LogP contribution in [0.3, 0.4) is 0 Å². The highest BCUT2D eigenvalue weighted by Crippen LogP contribution is 2.28. The van der Waals surface area contributed by atoms with Crippen molar-refractivity contribution in [2.24, 2.45) is 4.99 Å². The molecule has 1 unspecified atom stereocenters. The Morgan fingerprint density at radius 2 is 2.20 bits per heavy atom. The van der Waals surface area contributed by atoms with E-state index in [4.69, 9.17) is 0 Å². The Kier molecular flexibility index (Phi) is 10.1. The fraction of sp³-hybridized carbons (Fsp3) is 0.478. The maximum absolute atomic E-state index is 4.51. The second kappa shape index (κ2) is 12.5. The van der Waals surface area contributed by atoms with Crippen molar-refractivity contribution in [3.8, 4) is 0 Å². The number of aromatic nitrogens is 1. The summed E-state index contributed by atoms with van der Waals surface area (Å²) in [5, 5.41) is 10.2. The summed E-state index contributed by atoms with van der Waals surface area (Å²) in [6, 6.07) is 4.03. The van der Waals surface area contributed by atoms with E-state index in [1.807, 2.05) is 32.6 Å². The second-order valence-electron chi connectivity index (χ2n) is 7.28. The summed E-state index contributed by atoms with van der Waals surface area (Å²) in [5.74, 6) is 0.878. The number of allylic oxidation sites excluding steroid dienone is 2. The average molecular weight is 475 g/mol. The van der Waals surface area contributed by atoms with E-state index in [1.54, 1.807) is 6.20 Å². The molecular weight excluding hydrogens is 440 g/mol. The lowest BCUT2D eigenvalue weighted by Crippen LogP contribution is -2.30. The third-order valence-electron chi connectivity index (χ3n) is 4.95. The molecule has 1 aliphatic rings. The first-order chi connectivity index (χ1) is 14.5. The number of alkyl halides is 1. The fourth-order valence-corrected chi connectivity index (χ4v) is 4.10. The summed E-state index contributed by atoms with van der Waals surface area (Å²) in [6.45, 7) is 6.33. The third-order valence-corrected chi connectivity index (χ3v) is 5.38. The predicted molar refractivity (Wildman–Crippen MR) is 131 cm³/mol. The maximum Gasteiger partial charge on any atom is 0.136 e. The molecule has 1 aliphatic heterocycles. The van der Waals surface area contributed by atoms with Crippen LogP contribution in [0.1, 0.15) is 38.7 Å². The molecule has 164 valence electrons. The molecule has 1 aromatic rings. The van der Waals surface area contributed by atoms with Gasteiger partial charge in [-0.25, -0.2) is 0 Å². The topological polar surface area (TPSA) is 64.6 Å². The Labute approximate surface area is 189 Å². The van der Waals surface area contributed by atoms with Crippen molar-refractivity contribution in [1.29, 1.82) is 0 Å². The van der Waals surface area contributed by atoms with E-state index in [9.17, 15) is 0 Å². The standard InChI is InChI=1S/C23H35BrN6/c1-6-10-19(18-11-9-13-27-15-18)29-20-16-28-23(26-4)21(20)22(17(2)24)30(5)14-8-7-12-25-3/h9-11,13,15-17,25,29H,6-8,12,14H2,1-5H3,(H,26,28)/b19-10-,22-21+. The molecule has 3 N–H and O–H groups in total. The highest BCUT2D eigenvalue weighted by Gasteiger charge is 2.27. The number of unbranched alkanes of at least 4 members (excludes halogenated alkanes) is 1. The zero-order valence-electron chi connectivity index (χ0n) is 18.8. The number of nitrogens with zero attached hydrogens (tertiary/aromatic N) is 3. The molecule has 0 amide bonds. The van der Waals surface area contributed by atoms with E-state index >= 15 is 0 Å². The first kappa shape index (κ1) is 24.2. The van der Waals surface area contributed by atoms with Gasteiger partial charge in [0, 0.05) is 56.2 Å². The van der Waals surface area contributed by atoms with Crippen molar-refractivity contribution < 1.29 is 0 Å². The van der Waals surface area contributed by atoms with Gasteiger partial charge in [0.15, 0.2) is 0 Å². The minimum absolute atomic E-state index is 0.181. The van der Waals surface area contributed by atoms with Crippen LogP contribution in [0, 0.1) is 0 Å². The largest absolute Gasteiger partial charge is 0.376 e. The molecule has 0 aliphatic carbocycles. The summed E-state index contributed by atoms with van der Waals surface area (Å²) in [5.41, 5.74) is 5.44. The van der Waals surface area contributed by atoms with Gasteiger partial charge in [-0.2, -0.15) is 0 Å². The van der Waals surface area contributed by atoms with E-state index in [0.29, 0.717) is 0 Å². The third kappa shape index (κ3) is 6.44. The summed E-state index contributed by atoms with van der Waals surface area (Å²) in [4.78, 5) is 11.3. The number of amidine groups is 1. The van der Waals surface area contributed by atoms with Gasteiger partial charge >= 0.3 is 0 Å². The van der Waals surface area contributed by atoms with Crippen LogP contribution in [0.25, 0.3) is 5.70 Å². The molecule has 0 bridgehead atoms. The number of aliphatic imine (C=N–C) groups is 1. The second-order valence-corrected chi connectivity index (χ2v) is 8.65. The average Bonchev–Trinajstić information content (AvgIpc) is 3.13. The number of rotatable bonds is 11. The number of pyridine rings is 1.